The Balaban J connectivity index is 2.03. The van der Waals surface area contributed by atoms with Gasteiger partial charge in [0.1, 0.15) is 17.7 Å². The Morgan fingerprint density at radius 2 is 1.25 bits per heavy atom. The minimum Gasteiger partial charge on any atom is -0.288 e. The molecule has 0 spiro atoms. The first-order chi connectivity index (χ1) is 15.4. The number of hydrogen-bond acceptors (Lipinski definition) is 5. The lowest BCUT2D eigenvalue weighted by Crippen LogP contribution is -2.07. The Morgan fingerprint density at radius 1 is 0.750 bits per heavy atom. The van der Waals surface area contributed by atoms with Gasteiger partial charge in [0.25, 0.3) is 0 Å². The number of carbonyl (C=O) groups is 1. The van der Waals surface area contributed by atoms with E-state index >= 15 is 0 Å². The van der Waals surface area contributed by atoms with E-state index in [2.05, 4.69) is 9.97 Å². The molecule has 0 unspecified atom stereocenters. The zero-order valence-corrected chi connectivity index (χ0v) is 15.7. The second kappa shape index (κ2) is 6.69. The third-order valence-electron chi connectivity index (χ3n) is 5.32. The topological polar surface area (TPSA) is 90.4 Å². The summed E-state index contributed by atoms with van der Waals surface area (Å²) in [5.74, 6) is -9.26. The van der Waals surface area contributed by atoms with Gasteiger partial charge < -0.3 is 0 Å². The maximum absolute atomic E-state index is 14.8. The summed E-state index contributed by atoms with van der Waals surface area (Å²) < 4.78 is 57.5. The molecular weight excluding hydrogens is 424 g/mol. The molecule has 3 aromatic rings. The minimum atomic E-state index is -2.16. The standard InChI is InChI=1S/C23H6F4N4O/c24-17-14-12(9(7-28)8-29)15(23(32)16(14)18(25)20(27)19(17)26)13-10-3-1-5-30-21(10)22-11(13)4-2-6-31-22/h1-6H. The summed E-state index contributed by atoms with van der Waals surface area (Å²) in [7, 11) is 0. The van der Waals surface area contributed by atoms with Crippen LogP contribution in [0.1, 0.15) is 27.0 Å². The highest BCUT2D eigenvalue weighted by Gasteiger charge is 2.44. The fraction of sp³-hybridized carbons (Fsp3) is 0. The molecule has 2 heterocycles. The van der Waals surface area contributed by atoms with E-state index in [1.807, 2.05) is 0 Å². The summed E-state index contributed by atoms with van der Waals surface area (Å²) in [6, 6.07) is 9.32. The van der Waals surface area contributed by atoms with Gasteiger partial charge in [-0.05, 0) is 12.1 Å². The number of carbonyl (C=O) groups excluding carboxylic acids is 1. The van der Waals surface area contributed by atoms with Gasteiger partial charge in [0, 0.05) is 45.8 Å². The van der Waals surface area contributed by atoms with Gasteiger partial charge in [0.15, 0.2) is 29.1 Å². The van der Waals surface area contributed by atoms with Crippen LogP contribution in [0.5, 0.6) is 0 Å². The van der Waals surface area contributed by atoms with Crippen LogP contribution in [-0.2, 0) is 0 Å². The first kappa shape index (κ1) is 19.3. The number of Topliss-reactive ketones (excluding diaryl/α,β-unsaturated/α-hetero) is 1. The van der Waals surface area contributed by atoms with Crippen molar-refractivity contribution >= 4 is 16.9 Å². The molecule has 0 radical (unpaired) electrons. The van der Waals surface area contributed by atoms with Crippen LogP contribution in [0, 0.1) is 45.9 Å². The van der Waals surface area contributed by atoms with Crippen molar-refractivity contribution in [3.63, 3.8) is 0 Å². The molecule has 0 saturated heterocycles. The molecule has 0 N–H and O–H groups in total. The predicted octanol–water partition coefficient (Wildman–Crippen LogP) is 4.51. The lowest BCUT2D eigenvalue weighted by Gasteiger charge is -2.09. The average molecular weight is 430 g/mol. The van der Waals surface area contributed by atoms with Gasteiger partial charge in [-0.25, -0.2) is 17.6 Å². The number of ketones is 1. The quantitative estimate of drug-likeness (QED) is 0.135. The molecule has 0 fully saturated rings. The predicted molar refractivity (Wildman–Crippen MR) is 102 cm³/mol. The lowest BCUT2D eigenvalue weighted by atomic mass is 9.91. The molecule has 1 aromatic carbocycles. The summed E-state index contributed by atoms with van der Waals surface area (Å²) in [6.07, 6.45) is 2.96. The fourth-order valence-corrected chi connectivity index (χ4v) is 4.07. The summed E-state index contributed by atoms with van der Waals surface area (Å²) >= 11 is 0. The molecule has 0 amide bonds. The SMILES string of the molecule is N#CC(C#N)=C1C(=C2c3cccnc3-c3ncccc32)C(=O)c2c(F)c(F)c(F)c(F)c21. The van der Waals surface area contributed by atoms with Gasteiger partial charge in [-0.1, -0.05) is 12.1 Å². The number of rotatable bonds is 0. The number of aromatic nitrogens is 2. The second-order valence-corrected chi connectivity index (χ2v) is 6.86. The first-order valence-corrected chi connectivity index (χ1v) is 9.03. The Hall–Kier alpha value is -4.63. The Bertz CT molecular complexity index is 1490. The van der Waals surface area contributed by atoms with Gasteiger partial charge in [-0.3, -0.25) is 14.8 Å². The van der Waals surface area contributed by atoms with E-state index in [-0.39, 0.29) is 5.57 Å². The number of pyridine rings is 2. The highest BCUT2D eigenvalue weighted by molar-refractivity contribution is 6.33. The number of halogens is 4. The first-order valence-electron chi connectivity index (χ1n) is 9.03. The molecule has 152 valence electrons. The van der Waals surface area contributed by atoms with Crippen LogP contribution < -0.4 is 0 Å². The maximum Gasteiger partial charge on any atom is 0.198 e. The van der Waals surface area contributed by atoms with E-state index in [0.717, 1.165) is 0 Å². The molecule has 32 heavy (non-hydrogen) atoms. The number of allylic oxidation sites excluding steroid dienone is 3. The average Bonchev–Trinajstić information content (AvgIpc) is 3.29. The molecule has 0 atom stereocenters. The van der Waals surface area contributed by atoms with Gasteiger partial charge in [-0.15, -0.1) is 0 Å². The third-order valence-corrected chi connectivity index (χ3v) is 5.32. The summed E-state index contributed by atoms with van der Waals surface area (Å²) in [5, 5.41) is 18.9. The highest BCUT2D eigenvalue weighted by atomic mass is 19.2. The van der Waals surface area contributed by atoms with Crippen LogP contribution in [0.3, 0.4) is 0 Å². The normalized spacial score (nSPS) is 13.4. The smallest absolute Gasteiger partial charge is 0.198 e. The third kappa shape index (κ3) is 2.28. The van der Waals surface area contributed by atoms with E-state index in [1.54, 1.807) is 24.3 Å². The van der Waals surface area contributed by atoms with Crippen LogP contribution in [0.25, 0.3) is 22.5 Å². The zero-order chi connectivity index (χ0) is 22.7. The number of benzene rings is 1. The Kier molecular flexibility index (Phi) is 4.04. The molecule has 0 saturated carbocycles. The Labute approximate surface area is 177 Å². The van der Waals surface area contributed by atoms with Crippen molar-refractivity contribution in [3.05, 3.63) is 93.3 Å². The van der Waals surface area contributed by atoms with Crippen molar-refractivity contribution in [2.45, 2.75) is 0 Å². The van der Waals surface area contributed by atoms with Gasteiger partial charge in [-0.2, -0.15) is 10.5 Å². The summed E-state index contributed by atoms with van der Waals surface area (Å²) in [6.45, 7) is 0. The van der Waals surface area contributed by atoms with E-state index in [4.69, 9.17) is 0 Å². The second-order valence-electron chi connectivity index (χ2n) is 6.86. The molecule has 0 aliphatic heterocycles. The van der Waals surface area contributed by atoms with Gasteiger partial charge in [0.2, 0.25) is 0 Å². The summed E-state index contributed by atoms with van der Waals surface area (Å²) in [4.78, 5) is 21.8. The molecule has 9 heteroatoms. The molecule has 2 aliphatic rings. The molecule has 2 aromatic heterocycles. The van der Waals surface area contributed by atoms with Gasteiger partial charge in [0.05, 0.1) is 17.0 Å². The number of fused-ring (bicyclic) bond motifs is 4. The van der Waals surface area contributed by atoms with Crippen molar-refractivity contribution in [2.24, 2.45) is 0 Å². The number of nitriles is 2. The van der Waals surface area contributed by atoms with E-state index in [9.17, 15) is 32.9 Å². The monoisotopic (exact) mass is 430 g/mol. The van der Waals surface area contributed by atoms with E-state index in [1.165, 1.54) is 24.5 Å². The Morgan fingerprint density at radius 3 is 1.75 bits per heavy atom. The minimum absolute atomic E-state index is 0.106. The molecule has 5 rings (SSSR count). The van der Waals surface area contributed by atoms with Gasteiger partial charge >= 0.3 is 0 Å². The molecular formula is C23H6F4N4O. The maximum atomic E-state index is 14.8. The zero-order valence-electron chi connectivity index (χ0n) is 15.7. The highest BCUT2D eigenvalue weighted by Crippen LogP contribution is 2.51. The molecule has 0 bridgehead atoms. The van der Waals surface area contributed by atoms with E-state index < -0.39 is 56.9 Å². The largest absolute Gasteiger partial charge is 0.288 e. The fourth-order valence-electron chi connectivity index (χ4n) is 4.07. The lowest BCUT2D eigenvalue weighted by molar-refractivity contribution is 0.103. The van der Waals surface area contributed by atoms with Crippen LogP contribution in [0.15, 0.2) is 47.8 Å². The van der Waals surface area contributed by atoms with Crippen molar-refractivity contribution in [2.75, 3.05) is 0 Å². The van der Waals surface area contributed by atoms with Crippen molar-refractivity contribution < 1.29 is 22.4 Å². The van der Waals surface area contributed by atoms with E-state index in [0.29, 0.717) is 22.5 Å². The summed E-state index contributed by atoms with van der Waals surface area (Å²) in [5.41, 5.74) is -2.29. The van der Waals surface area contributed by atoms with Crippen LogP contribution in [0.4, 0.5) is 17.6 Å². The van der Waals surface area contributed by atoms with Crippen LogP contribution >= 0.6 is 0 Å². The number of nitrogens with zero attached hydrogens (tertiary/aromatic N) is 4. The van der Waals surface area contributed by atoms with Crippen molar-refractivity contribution in [3.8, 4) is 23.5 Å². The molecule has 2 aliphatic carbocycles. The van der Waals surface area contributed by atoms with Crippen molar-refractivity contribution in [1.29, 1.82) is 10.5 Å². The van der Waals surface area contributed by atoms with Crippen LogP contribution in [-0.4, -0.2) is 15.8 Å². The van der Waals surface area contributed by atoms with Crippen molar-refractivity contribution in [1.82, 2.24) is 9.97 Å². The molecule has 5 nitrogen and oxygen atoms in total. The number of hydrogen-bond donors (Lipinski definition) is 0. The van der Waals surface area contributed by atoms with Crippen LogP contribution in [0.2, 0.25) is 0 Å².